The van der Waals surface area contributed by atoms with E-state index in [1.165, 1.54) is 12.1 Å². The Balaban J connectivity index is 2.44. The van der Waals surface area contributed by atoms with Crippen LogP contribution in [0.5, 0.6) is 0 Å². The van der Waals surface area contributed by atoms with Crippen LogP contribution in [0, 0.1) is 5.82 Å². The van der Waals surface area contributed by atoms with Crippen LogP contribution < -0.4 is 5.32 Å². The Bertz CT molecular complexity index is 519. The zero-order valence-electron chi connectivity index (χ0n) is 9.90. The lowest BCUT2D eigenvalue weighted by atomic mass is 10.0. The zero-order valence-corrected chi connectivity index (χ0v) is 10.7. The average molecular weight is 266 g/mol. The van der Waals surface area contributed by atoms with Crippen molar-refractivity contribution in [1.82, 2.24) is 15.3 Å². The first-order valence-corrected chi connectivity index (χ1v) is 6.04. The molecule has 0 saturated heterocycles. The molecule has 1 N–H and O–H groups in total. The molecule has 0 aliphatic heterocycles. The molecule has 1 aromatic heterocycles. The third-order valence-corrected chi connectivity index (χ3v) is 2.79. The van der Waals surface area contributed by atoms with Gasteiger partial charge < -0.3 is 5.32 Å². The van der Waals surface area contributed by atoms with Crippen LogP contribution >= 0.6 is 11.6 Å². The highest BCUT2D eigenvalue weighted by Gasteiger charge is 2.18. The quantitative estimate of drug-likeness (QED) is 0.924. The summed E-state index contributed by atoms with van der Waals surface area (Å²) in [5.74, 6) is -0.309. The van der Waals surface area contributed by atoms with Crippen LogP contribution in [0.15, 0.2) is 36.8 Å². The van der Waals surface area contributed by atoms with Crippen molar-refractivity contribution in [1.29, 1.82) is 0 Å². The molecule has 0 saturated carbocycles. The first-order valence-electron chi connectivity index (χ1n) is 5.66. The summed E-state index contributed by atoms with van der Waals surface area (Å²) >= 11 is 5.92. The van der Waals surface area contributed by atoms with E-state index in [1.54, 1.807) is 24.7 Å². The van der Waals surface area contributed by atoms with E-state index in [9.17, 15) is 4.39 Å². The molecular formula is C13H13ClFN3. The second kappa shape index (κ2) is 5.89. The molecule has 94 valence electrons. The van der Waals surface area contributed by atoms with Crippen molar-refractivity contribution in [2.45, 2.75) is 13.0 Å². The molecular weight excluding hydrogens is 253 g/mol. The van der Waals surface area contributed by atoms with Crippen LogP contribution in [-0.2, 0) is 0 Å². The molecule has 0 spiro atoms. The molecule has 3 nitrogen and oxygen atoms in total. The van der Waals surface area contributed by atoms with Gasteiger partial charge in [0.1, 0.15) is 5.82 Å². The minimum absolute atomic E-state index is 0.309. The van der Waals surface area contributed by atoms with E-state index in [0.717, 1.165) is 0 Å². The molecule has 0 fully saturated rings. The van der Waals surface area contributed by atoms with Crippen molar-refractivity contribution in [3.05, 3.63) is 58.9 Å². The smallest absolute Gasteiger partial charge is 0.128 e. The number of hydrogen-bond donors (Lipinski definition) is 1. The molecule has 1 atom stereocenters. The molecule has 0 amide bonds. The molecule has 1 unspecified atom stereocenters. The Morgan fingerprint density at radius 1 is 1.39 bits per heavy atom. The van der Waals surface area contributed by atoms with Gasteiger partial charge in [0.05, 0.1) is 17.9 Å². The lowest BCUT2D eigenvalue weighted by molar-refractivity contribution is 0.551. The SMILES string of the molecule is CCNC(c1cnccn1)c1cc(Cl)ccc1F. The summed E-state index contributed by atoms with van der Waals surface area (Å²) in [6, 6.07) is 4.15. The van der Waals surface area contributed by atoms with Crippen molar-refractivity contribution in [2.24, 2.45) is 0 Å². The van der Waals surface area contributed by atoms with Gasteiger partial charge in [0.25, 0.3) is 0 Å². The van der Waals surface area contributed by atoms with Crippen molar-refractivity contribution in [3.8, 4) is 0 Å². The number of hydrogen-bond acceptors (Lipinski definition) is 3. The summed E-state index contributed by atoms with van der Waals surface area (Å²) in [5, 5.41) is 3.68. The summed E-state index contributed by atoms with van der Waals surface area (Å²) in [6.07, 6.45) is 4.79. The van der Waals surface area contributed by atoms with E-state index < -0.39 is 0 Å². The average Bonchev–Trinajstić information content (AvgIpc) is 2.40. The van der Waals surface area contributed by atoms with Crippen LogP contribution in [0.2, 0.25) is 5.02 Å². The summed E-state index contributed by atoms with van der Waals surface area (Å²) < 4.78 is 13.9. The molecule has 5 heteroatoms. The topological polar surface area (TPSA) is 37.8 Å². The highest BCUT2D eigenvalue weighted by atomic mass is 35.5. The Morgan fingerprint density at radius 3 is 2.89 bits per heavy atom. The second-order valence-corrected chi connectivity index (χ2v) is 4.22. The number of halogens is 2. The third kappa shape index (κ3) is 2.83. The fourth-order valence-electron chi connectivity index (χ4n) is 1.77. The number of rotatable bonds is 4. The van der Waals surface area contributed by atoms with Gasteiger partial charge >= 0.3 is 0 Å². The van der Waals surface area contributed by atoms with Crippen LogP contribution in [0.4, 0.5) is 4.39 Å². The highest BCUT2D eigenvalue weighted by Crippen LogP contribution is 2.25. The maximum atomic E-state index is 13.9. The number of nitrogens with one attached hydrogen (secondary N) is 1. The largest absolute Gasteiger partial charge is 0.305 e. The number of aromatic nitrogens is 2. The van der Waals surface area contributed by atoms with E-state index in [1.807, 2.05) is 6.92 Å². The molecule has 0 bridgehead atoms. The maximum absolute atomic E-state index is 13.9. The third-order valence-electron chi connectivity index (χ3n) is 2.56. The fourth-order valence-corrected chi connectivity index (χ4v) is 1.95. The van der Waals surface area contributed by atoms with Gasteiger partial charge in [0.15, 0.2) is 0 Å². The Hall–Kier alpha value is -1.52. The normalized spacial score (nSPS) is 12.4. The lowest BCUT2D eigenvalue weighted by Crippen LogP contribution is -2.24. The fraction of sp³-hybridized carbons (Fsp3) is 0.231. The Kier molecular flexibility index (Phi) is 4.23. The number of benzene rings is 1. The molecule has 1 heterocycles. The first kappa shape index (κ1) is 12.9. The van der Waals surface area contributed by atoms with Gasteiger partial charge in [-0.3, -0.25) is 9.97 Å². The van der Waals surface area contributed by atoms with Gasteiger partial charge in [-0.05, 0) is 24.7 Å². The van der Waals surface area contributed by atoms with Gasteiger partial charge in [-0.25, -0.2) is 4.39 Å². The second-order valence-electron chi connectivity index (χ2n) is 3.79. The summed E-state index contributed by atoms with van der Waals surface area (Å²) in [7, 11) is 0. The van der Waals surface area contributed by atoms with E-state index in [2.05, 4.69) is 15.3 Å². The number of nitrogens with zero attached hydrogens (tertiary/aromatic N) is 2. The van der Waals surface area contributed by atoms with Crippen molar-refractivity contribution in [3.63, 3.8) is 0 Å². The molecule has 0 radical (unpaired) electrons. The Morgan fingerprint density at radius 2 is 2.22 bits per heavy atom. The van der Waals surface area contributed by atoms with E-state index in [0.29, 0.717) is 22.8 Å². The van der Waals surface area contributed by atoms with Crippen molar-refractivity contribution >= 4 is 11.6 Å². The predicted molar refractivity (Wildman–Crippen MR) is 69.0 cm³/mol. The monoisotopic (exact) mass is 265 g/mol. The first-order chi connectivity index (χ1) is 8.72. The van der Waals surface area contributed by atoms with Crippen LogP contribution in [0.3, 0.4) is 0 Å². The standard InChI is InChI=1S/C13H13ClFN3/c1-2-17-13(12-8-16-5-6-18-12)10-7-9(14)3-4-11(10)15/h3-8,13,17H,2H2,1H3. The van der Waals surface area contributed by atoms with Crippen LogP contribution in [0.25, 0.3) is 0 Å². The minimum atomic E-state index is -0.345. The summed E-state index contributed by atoms with van der Waals surface area (Å²) in [4.78, 5) is 8.22. The lowest BCUT2D eigenvalue weighted by Gasteiger charge is -2.18. The zero-order chi connectivity index (χ0) is 13.0. The molecule has 0 aliphatic carbocycles. The van der Waals surface area contributed by atoms with E-state index >= 15 is 0 Å². The molecule has 2 aromatic rings. The van der Waals surface area contributed by atoms with Gasteiger partial charge in [0, 0.05) is 23.0 Å². The minimum Gasteiger partial charge on any atom is -0.305 e. The van der Waals surface area contributed by atoms with Gasteiger partial charge in [-0.2, -0.15) is 0 Å². The Labute approximate surface area is 110 Å². The van der Waals surface area contributed by atoms with E-state index in [4.69, 9.17) is 11.6 Å². The van der Waals surface area contributed by atoms with Crippen molar-refractivity contribution in [2.75, 3.05) is 6.54 Å². The van der Waals surface area contributed by atoms with Crippen LogP contribution in [0.1, 0.15) is 24.2 Å². The van der Waals surface area contributed by atoms with Gasteiger partial charge in [-0.1, -0.05) is 18.5 Å². The summed E-state index contributed by atoms with van der Waals surface area (Å²) in [6.45, 7) is 2.64. The predicted octanol–water partition coefficient (Wildman–Crippen LogP) is 2.97. The maximum Gasteiger partial charge on any atom is 0.128 e. The van der Waals surface area contributed by atoms with Gasteiger partial charge in [0.2, 0.25) is 0 Å². The van der Waals surface area contributed by atoms with Crippen molar-refractivity contribution < 1.29 is 4.39 Å². The summed E-state index contributed by atoms with van der Waals surface area (Å²) in [5.41, 5.74) is 1.14. The molecule has 1 aromatic carbocycles. The van der Waals surface area contributed by atoms with E-state index in [-0.39, 0.29) is 11.9 Å². The highest BCUT2D eigenvalue weighted by molar-refractivity contribution is 6.30. The molecule has 0 aliphatic rings. The molecule has 18 heavy (non-hydrogen) atoms. The molecule has 2 rings (SSSR count). The van der Waals surface area contributed by atoms with Crippen LogP contribution in [-0.4, -0.2) is 16.5 Å². The van der Waals surface area contributed by atoms with Gasteiger partial charge in [-0.15, -0.1) is 0 Å².